The Hall–Kier alpha value is -1.96. The molecule has 0 bridgehead atoms. The number of aromatic nitrogens is 2. The molecule has 1 aromatic carbocycles. The third kappa shape index (κ3) is 4.52. The number of nitro groups is 1. The van der Waals surface area contributed by atoms with Crippen LogP contribution in [0.3, 0.4) is 0 Å². The van der Waals surface area contributed by atoms with Gasteiger partial charge < -0.3 is 24.5 Å². The molecule has 21 heavy (non-hydrogen) atoms. The summed E-state index contributed by atoms with van der Waals surface area (Å²) in [5, 5.41) is 20.9. The lowest BCUT2D eigenvalue weighted by molar-refractivity contribution is -0.389. The van der Waals surface area contributed by atoms with E-state index in [0.29, 0.717) is 11.6 Å². The molecule has 0 radical (unpaired) electrons. The molecule has 0 saturated heterocycles. The highest BCUT2D eigenvalue weighted by molar-refractivity contribution is 6.31. The van der Waals surface area contributed by atoms with Gasteiger partial charge in [0.15, 0.2) is 0 Å². The van der Waals surface area contributed by atoms with Crippen LogP contribution in [0.2, 0.25) is 5.02 Å². The first-order valence-corrected chi connectivity index (χ1v) is 6.59. The summed E-state index contributed by atoms with van der Waals surface area (Å²) in [4.78, 5) is 13.5. The van der Waals surface area contributed by atoms with Crippen molar-refractivity contribution in [3.8, 4) is 0 Å². The molecular weight excluding hydrogens is 298 g/mol. The highest BCUT2D eigenvalue weighted by atomic mass is 35.5. The van der Waals surface area contributed by atoms with Crippen LogP contribution in [-0.2, 0) is 17.9 Å². The lowest BCUT2D eigenvalue weighted by Crippen LogP contribution is -2.21. The molecule has 0 spiro atoms. The van der Waals surface area contributed by atoms with Gasteiger partial charge in [0.05, 0.1) is 25.9 Å². The van der Waals surface area contributed by atoms with Crippen LogP contribution in [0.5, 0.6) is 0 Å². The largest absolute Gasteiger partial charge is 0.389 e. The number of aliphatic hydroxyl groups excluding tert-OH is 1. The number of rotatable bonds is 7. The number of halogens is 1. The van der Waals surface area contributed by atoms with Gasteiger partial charge in [-0.1, -0.05) is 29.8 Å². The summed E-state index contributed by atoms with van der Waals surface area (Å²) in [6, 6.07) is 7.29. The molecule has 7 nitrogen and oxygen atoms in total. The number of imidazole rings is 1. The Balaban J connectivity index is 1.78. The van der Waals surface area contributed by atoms with Gasteiger partial charge in [-0.25, -0.2) is 0 Å². The van der Waals surface area contributed by atoms with Gasteiger partial charge in [0.2, 0.25) is 6.33 Å². The molecule has 0 unspecified atom stereocenters. The highest BCUT2D eigenvalue weighted by Gasteiger charge is 2.13. The van der Waals surface area contributed by atoms with Gasteiger partial charge in [-0.15, -0.1) is 0 Å². The van der Waals surface area contributed by atoms with Gasteiger partial charge in [-0.3, -0.25) is 0 Å². The van der Waals surface area contributed by atoms with Crippen molar-refractivity contribution in [2.24, 2.45) is 0 Å². The van der Waals surface area contributed by atoms with Crippen LogP contribution in [0.1, 0.15) is 5.56 Å². The second kappa shape index (κ2) is 7.16. The van der Waals surface area contributed by atoms with Gasteiger partial charge in [0, 0.05) is 5.02 Å². The fourth-order valence-electron chi connectivity index (χ4n) is 1.76. The zero-order valence-corrected chi connectivity index (χ0v) is 11.8. The smallest absolute Gasteiger partial charge is 0.381 e. The molecule has 1 N–H and O–H groups in total. The summed E-state index contributed by atoms with van der Waals surface area (Å²) in [5.74, 6) is -0.251. The lowest BCUT2D eigenvalue weighted by atomic mass is 10.2. The van der Waals surface area contributed by atoms with E-state index < -0.39 is 11.0 Å². The third-order valence-electron chi connectivity index (χ3n) is 2.75. The Labute approximate surface area is 125 Å². The van der Waals surface area contributed by atoms with Gasteiger partial charge in [-0.05, 0) is 21.5 Å². The number of hydrogen-bond donors (Lipinski definition) is 1. The molecule has 0 saturated carbocycles. The van der Waals surface area contributed by atoms with E-state index in [1.165, 1.54) is 17.1 Å². The van der Waals surface area contributed by atoms with E-state index in [9.17, 15) is 15.2 Å². The Bertz CT molecular complexity index is 617. The van der Waals surface area contributed by atoms with E-state index in [2.05, 4.69) is 4.98 Å². The van der Waals surface area contributed by atoms with E-state index in [4.69, 9.17) is 16.3 Å². The molecule has 0 amide bonds. The molecule has 0 aliphatic rings. The summed E-state index contributed by atoms with van der Waals surface area (Å²) in [7, 11) is 0. The van der Waals surface area contributed by atoms with Crippen LogP contribution >= 0.6 is 11.6 Å². The average Bonchev–Trinajstić information content (AvgIpc) is 2.89. The first-order valence-electron chi connectivity index (χ1n) is 6.21. The first-order chi connectivity index (χ1) is 10.1. The van der Waals surface area contributed by atoms with Crippen LogP contribution < -0.4 is 0 Å². The minimum absolute atomic E-state index is 0.0944. The molecule has 8 heteroatoms. The molecule has 0 aliphatic carbocycles. The van der Waals surface area contributed by atoms with Crippen LogP contribution in [0.4, 0.5) is 5.82 Å². The minimum Gasteiger partial charge on any atom is -0.389 e. The molecule has 112 valence electrons. The van der Waals surface area contributed by atoms with E-state index in [1.54, 1.807) is 6.07 Å². The van der Waals surface area contributed by atoms with Gasteiger partial charge in [0.1, 0.15) is 6.20 Å². The monoisotopic (exact) mass is 311 g/mol. The Morgan fingerprint density at radius 1 is 1.48 bits per heavy atom. The molecular formula is C13H14ClN3O4. The average molecular weight is 312 g/mol. The quantitative estimate of drug-likeness (QED) is 0.624. The predicted octanol–water partition coefficient (Wildman–Crippen LogP) is 2.02. The van der Waals surface area contributed by atoms with Crippen LogP contribution in [0.25, 0.3) is 0 Å². The Morgan fingerprint density at radius 3 is 2.90 bits per heavy atom. The molecule has 0 aliphatic heterocycles. The predicted molar refractivity (Wildman–Crippen MR) is 76.0 cm³/mol. The minimum atomic E-state index is -0.790. The summed E-state index contributed by atoms with van der Waals surface area (Å²) in [5.41, 5.74) is 0.838. The van der Waals surface area contributed by atoms with Crippen molar-refractivity contribution in [1.29, 1.82) is 0 Å². The summed E-state index contributed by atoms with van der Waals surface area (Å²) in [6.45, 7) is 0.557. The number of aliphatic hydroxyl groups is 1. The van der Waals surface area contributed by atoms with E-state index in [1.807, 2.05) is 18.2 Å². The van der Waals surface area contributed by atoms with E-state index in [-0.39, 0.29) is 19.0 Å². The van der Waals surface area contributed by atoms with Crippen molar-refractivity contribution in [3.63, 3.8) is 0 Å². The van der Waals surface area contributed by atoms with Crippen LogP contribution in [0, 0.1) is 10.1 Å². The highest BCUT2D eigenvalue weighted by Crippen LogP contribution is 2.15. The maximum absolute atomic E-state index is 10.5. The van der Waals surface area contributed by atoms with Gasteiger partial charge in [0.25, 0.3) is 0 Å². The molecule has 2 rings (SSSR count). The summed E-state index contributed by atoms with van der Waals surface area (Å²) < 4.78 is 6.83. The van der Waals surface area contributed by atoms with Crippen molar-refractivity contribution in [2.45, 2.75) is 19.3 Å². The normalized spacial score (nSPS) is 12.3. The number of benzene rings is 1. The summed E-state index contributed by atoms with van der Waals surface area (Å²) in [6.07, 6.45) is 1.77. The van der Waals surface area contributed by atoms with Gasteiger partial charge in [-0.2, -0.15) is 0 Å². The fraction of sp³-hybridized carbons (Fsp3) is 0.308. The second-order valence-corrected chi connectivity index (χ2v) is 4.85. The zero-order chi connectivity index (χ0) is 15.2. The second-order valence-electron chi connectivity index (χ2n) is 4.45. The third-order valence-corrected chi connectivity index (χ3v) is 3.12. The lowest BCUT2D eigenvalue weighted by Gasteiger charge is -2.11. The van der Waals surface area contributed by atoms with Crippen molar-refractivity contribution in [2.75, 3.05) is 6.61 Å². The topological polar surface area (TPSA) is 90.4 Å². The standard InChI is InChI=1S/C13H14ClN3O4/c14-12-4-2-1-3-10(12)7-21-8-11(18)5-16-6-13(15-9-16)17(19)20/h1-4,6,9,11,18H,5,7-8H2/t11-/m1/s1. The molecule has 1 heterocycles. The van der Waals surface area contributed by atoms with E-state index in [0.717, 1.165) is 5.56 Å². The zero-order valence-electron chi connectivity index (χ0n) is 11.1. The van der Waals surface area contributed by atoms with Crippen molar-refractivity contribution < 1.29 is 14.8 Å². The fourth-order valence-corrected chi connectivity index (χ4v) is 1.95. The Morgan fingerprint density at radius 2 is 2.24 bits per heavy atom. The SMILES string of the molecule is O=[N+]([O-])c1cn(C[C@@H](O)COCc2ccccc2Cl)cn1. The first kappa shape index (κ1) is 15.4. The van der Waals surface area contributed by atoms with Crippen LogP contribution in [0.15, 0.2) is 36.8 Å². The summed E-state index contributed by atoms with van der Waals surface area (Å²) >= 11 is 5.98. The van der Waals surface area contributed by atoms with Crippen LogP contribution in [-0.4, -0.2) is 32.3 Å². The number of nitrogens with zero attached hydrogens (tertiary/aromatic N) is 3. The molecule has 1 aromatic heterocycles. The molecule has 2 aromatic rings. The van der Waals surface area contributed by atoms with Crippen molar-refractivity contribution >= 4 is 17.4 Å². The van der Waals surface area contributed by atoms with E-state index >= 15 is 0 Å². The maximum atomic E-state index is 10.5. The Kier molecular flexibility index (Phi) is 5.26. The van der Waals surface area contributed by atoms with Gasteiger partial charge >= 0.3 is 5.82 Å². The molecule has 0 fully saturated rings. The molecule has 1 atom stereocenters. The maximum Gasteiger partial charge on any atom is 0.381 e. The number of hydrogen-bond acceptors (Lipinski definition) is 5. The van der Waals surface area contributed by atoms with Crippen molar-refractivity contribution in [1.82, 2.24) is 9.55 Å². The number of ether oxygens (including phenoxy) is 1. The van der Waals surface area contributed by atoms with Crippen molar-refractivity contribution in [3.05, 3.63) is 57.5 Å².